The van der Waals surface area contributed by atoms with Crippen LogP contribution in [-0.2, 0) is 37.3 Å². The lowest BCUT2D eigenvalue weighted by molar-refractivity contribution is 0.0674. The summed E-state index contributed by atoms with van der Waals surface area (Å²) in [5, 5.41) is 1.92. The molecule has 0 aliphatic carbocycles. The third-order valence-corrected chi connectivity index (χ3v) is 7.28. The first kappa shape index (κ1) is 28.2. The standard InChI is InChI=1S/C24H34N2O8S2/c1-30-14-15-32-20-9-8-19(23(17-20)34-18-21-6-3-12-31-21)5-2-13-33-24(27)26-36(28,29)25-11-10-22-7-4-16-35-22/h4,7-9,16-17,21,25H,2-3,5-6,10-15,18H2,1H3,(H,26,27). The normalized spacial score (nSPS) is 15.5. The monoisotopic (exact) mass is 542 g/mol. The first-order valence-electron chi connectivity index (χ1n) is 11.9. The number of methoxy groups -OCH3 is 1. The van der Waals surface area contributed by atoms with Crippen molar-refractivity contribution < 1.29 is 36.9 Å². The van der Waals surface area contributed by atoms with Crippen molar-refractivity contribution >= 4 is 27.6 Å². The molecule has 36 heavy (non-hydrogen) atoms. The molecule has 0 spiro atoms. The summed E-state index contributed by atoms with van der Waals surface area (Å²) in [5.74, 6) is 1.35. The topological polar surface area (TPSA) is 121 Å². The molecule has 1 aliphatic heterocycles. The predicted octanol–water partition coefficient (Wildman–Crippen LogP) is 3.07. The lowest BCUT2D eigenvalue weighted by Crippen LogP contribution is -2.41. The first-order chi connectivity index (χ1) is 17.4. The van der Waals surface area contributed by atoms with Crippen molar-refractivity contribution in [2.45, 2.75) is 38.2 Å². The molecule has 1 amide bonds. The Balaban J connectivity index is 1.42. The molecule has 1 saturated heterocycles. The van der Waals surface area contributed by atoms with Gasteiger partial charge in [0.2, 0.25) is 0 Å². The molecule has 1 aliphatic rings. The van der Waals surface area contributed by atoms with Gasteiger partial charge in [0.25, 0.3) is 0 Å². The van der Waals surface area contributed by atoms with Gasteiger partial charge in [0, 0.05) is 31.2 Å². The number of thiophene rings is 1. The lowest BCUT2D eigenvalue weighted by Gasteiger charge is -2.16. The number of benzene rings is 1. The fraction of sp³-hybridized carbons (Fsp3) is 0.542. The van der Waals surface area contributed by atoms with E-state index >= 15 is 0 Å². The number of nitrogens with one attached hydrogen (secondary N) is 2. The second-order valence-corrected chi connectivity index (χ2v) is 10.7. The molecule has 1 atom stereocenters. The van der Waals surface area contributed by atoms with Crippen LogP contribution >= 0.6 is 11.3 Å². The molecule has 1 fully saturated rings. The van der Waals surface area contributed by atoms with Crippen molar-refractivity contribution in [1.29, 1.82) is 0 Å². The quantitative estimate of drug-likeness (QED) is 0.311. The fourth-order valence-electron chi connectivity index (χ4n) is 3.53. The second kappa shape index (κ2) is 15.0. The summed E-state index contributed by atoms with van der Waals surface area (Å²) in [5.41, 5.74) is 0.930. The number of carbonyl (C=O) groups is 1. The van der Waals surface area contributed by atoms with Crippen LogP contribution in [0.5, 0.6) is 11.5 Å². The van der Waals surface area contributed by atoms with E-state index in [1.54, 1.807) is 18.4 Å². The molecule has 0 radical (unpaired) electrons. The minimum absolute atomic E-state index is 0.0494. The van der Waals surface area contributed by atoms with Crippen molar-refractivity contribution in [3.05, 3.63) is 46.2 Å². The molecule has 0 saturated carbocycles. The van der Waals surface area contributed by atoms with E-state index in [4.69, 9.17) is 23.7 Å². The number of hydrogen-bond acceptors (Lipinski definition) is 9. The second-order valence-electron chi connectivity index (χ2n) is 8.13. The maximum Gasteiger partial charge on any atom is 0.421 e. The summed E-state index contributed by atoms with van der Waals surface area (Å²) in [6.45, 7) is 2.34. The third kappa shape index (κ3) is 10.3. The minimum Gasteiger partial charge on any atom is -0.491 e. The molecule has 10 nitrogen and oxygen atoms in total. The van der Waals surface area contributed by atoms with Gasteiger partial charge >= 0.3 is 16.3 Å². The lowest BCUT2D eigenvalue weighted by atomic mass is 10.1. The van der Waals surface area contributed by atoms with E-state index in [1.165, 1.54) is 0 Å². The van der Waals surface area contributed by atoms with Gasteiger partial charge in [-0.2, -0.15) is 13.1 Å². The Labute approximate surface area is 216 Å². The van der Waals surface area contributed by atoms with Crippen LogP contribution in [0, 0.1) is 0 Å². The highest BCUT2D eigenvalue weighted by atomic mass is 32.2. The molecule has 12 heteroatoms. The average Bonchev–Trinajstić information content (AvgIpc) is 3.55. The summed E-state index contributed by atoms with van der Waals surface area (Å²) >= 11 is 1.54. The number of carbonyl (C=O) groups excluding carboxylic acids is 1. The van der Waals surface area contributed by atoms with Crippen molar-refractivity contribution in [2.24, 2.45) is 0 Å². The van der Waals surface area contributed by atoms with E-state index in [2.05, 4.69) is 4.72 Å². The van der Waals surface area contributed by atoms with E-state index in [0.29, 0.717) is 50.6 Å². The van der Waals surface area contributed by atoms with Gasteiger partial charge in [-0.25, -0.2) is 9.52 Å². The van der Waals surface area contributed by atoms with Crippen LogP contribution in [0.15, 0.2) is 35.7 Å². The highest BCUT2D eigenvalue weighted by Gasteiger charge is 2.18. The number of aryl methyl sites for hydroxylation is 1. The van der Waals surface area contributed by atoms with Crippen molar-refractivity contribution in [1.82, 2.24) is 9.44 Å². The Hall–Kier alpha value is -2.38. The van der Waals surface area contributed by atoms with E-state index in [0.717, 1.165) is 29.9 Å². The molecule has 2 N–H and O–H groups in total. The van der Waals surface area contributed by atoms with Gasteiger partial charge in [-0.15, -0.1) is 11.3 Å². The highest BCUT2D eigenvalue weighted by Crippen LogP contribution is 2.27. The Morgan fingerprint density at radius 1 is 1.17 bits per heavy atom. The molecule has 1 unspecified atom stereocenters. The zero-order valence-electron chi connectivity index (χ0n) is 20.4. The molecule has 0 bridgehead atoms. The average molecular weight is 543 g/mol. The van der Waals surface area contributed by atoms with Crippen LogP contribution < -0.4 is 18.9 Å². The van der Waals surface area contributed by atoms with Gasteiger partial charge in [-0.1, -0.05) is 12.1 Å². The van der Waals surface area contributed by atoms with Gasteiger partial charge < -0.3 is 23.7 Å². The summed E-state index contributed by atoms with van der Waals surface area (Å²) in [7, 11) is -2.37. The van der Waals surface area contributed by atoms with Gasteiger partial charge in [-0.05, 0) is 55.2 Å². The Morgan fingerprint density at radius 2 is 2.06 bits per heavy atom. The highest BCUT2D eigenvalue weighted by molar-refractivity contribution is 7.88. The van der Waals surface area contributed by atoms with Gasteiger partial charge in [-0.3, -0.25) is 0 Å². The van der Waals surface area contributed by atoms with E-state index in [9.17, 15) is 13.2 Å². The summed E-state index contributed by atoms with van der Waals surface area (Å²) < 4.78 is 55.7. The molecular formula is C24H34N2O8S2. The van der Waals surface area contributed by atoms with Gasteiger partial charge in [0.05, 0.1) is 19.3 Å². The van der Waals surface area contributed by atoms with Crippen LogP contribution in [0.2, 0.25) is 0 Å². The smallest absolute Gasteiger partial charge is 0.421 e. The van der Waals surface area contributed by atoms with E-state index in [1.807, 2.05) is 40.4 Å². The van der Waals surface area contributed by atoms with Crippen molar-refractivity contribution in [2.75, 3.05) is 46.7 Å². The maximum absolute atomic E-state index is 12.0. The first-order valence-corrected chi connectivity index (χ1v) is 14.3. The van der Waals surface area contributed by atoms with E-state index in [-0.39, 0.29) is 19.3 Å². The minimum atomic E-state index is -3.98. The molecule has 2 heterocycles. The van der Waals surface area contributed by atoms with Gasteiger partial charge in [0.1, 0.15) is 24.7 Å². The van der Waals surface area contributed by atoms with Gasteiger partial charge in [0.15, 0.2) is 0 Å². The van der Waals surface area contributed by atoms with Crippen LogP contribution in [0.4, 0.5) is 4.79 Å². The SMILES string of the molecule is COCCOc1ccc(CCCOC(=O)NS(=O)(=O)NCCc2cccs2)c(OCC2CCCO2)c1. The predicted molar refractivity (Wildman–Crippen MR) is 136 cm³/mol. The van der Waals surface area contributed by atoms with E-state index < -0.39 is 16.3 Å². The Kier molecular flexibility index (Phi) is 11.8. The Bertz CT molecular complexity index is 1020. The maximum atomic E-state index is 12.0. The van der Waals surface area contributed by atoms with Crippen LogP contribution in [-0.4, -0.2) is 67.3 Å². The number of ether oxygens (including phenoxy) is 5. The molecular weight excluding hydrogens is 508 g/mol. The molecule has 200 valence electrons. The summed E-state index contributed by atoms with van der Waals surface area (Å²) in [6.07, 6.45) is 2.65. The molecule has 2 aromatic rings. The number of amides is 1. The summed E-state index contributed by atoms with van der Waals surface area (Å²) in [4.78, 5) is 13.0. The number of hydrogen-bond donors (Lipinski definition) is 2. The molecule has 3 rings (SSSR count). The van der Waals surface area contributed by atoms with Crippen LogP contribution in [0.25, 0.3) is 0 Å². The number of rotatable bonds is 16. The van der Waals surface area contributed by atoms with Crippen molar-refractivity contribution in [3.63, 3.8) is 0 Å². The molecule has 1 aromatic heterocycles. The fourth-order valence-corrected chi connectivity index (χ4v) is 4.96. The molecule has 1 aromatic carbocycles. The van der Waals surface area contributed by atoms with Crippen molar-refractivity contribution in [3.8, 4) is 11.5 Å². The largest absolute Gasteiger partial charge is 0.491 e. The zero-order chi connectivity index (χ0) is 25.6. The summed E-state index contributed by atoms with van der Waals surface area (Å²) in [6, 6.07) is 9.42. The Morgan fingerprint density at radius 3 is 2.81 bits per heavy atom. The van der Waals surface area contributed by atoms with Crippen LogP contribution in [0.1, 0.15) is 29.7 Å². The van der Waals surface area contributed by atoms with Crippen LogP contribution in [0.3, 0.4) is 0 Å². The zero-order valence-corrected chi connectivity index (χ0v) is 22.0. The third-order valence-electron chi connectivity index (χ3n) is 5.33.